The van der Waals surface area contributed by atoms with E-state index in [0.29, 0.717) is 4.88 Å². The predicted octanol–water partition coefficient (Wildman–Crippen LogP) is 2.08. The molecule has 1 aromatic rings. The molecular formula is C11H12N2OS3. The molecule has 1 aromatic heterocycles. The van der Waals surface area contributed by atoms with Gasteiger partial charge < -0.3 is 11.5 Å². The van der Waals surface area contributed by atoms with Crippen molar-refractivity contribution in [1.29, 1.82) is 0 Å². The molecule has 0 unspecified atom stereocenters. The summed E-state index contributed by atoms with van der Waals surface area (Å²) in [5.41, 5.74) is 13.9. The van der Waals surface area contributed by atoms with Gasteiger partial charge in [-0.15, -0.1) is 23.1 Å². The van der Waals surface area contributed by atoms with E-state index in [1.807, 2.05) is 6.26 Å². The number of thiophene rings is 1. The number of primary amides is 1. The quantitative estimate of drug-likeness (QED) is 0.495. The minimum Gasteiger partial charge on any atom is -0.404 e. The summed E-state index contributed by atoms with van der Waals surface area (Å²) in [4.78, 5) is 12.8. The van der Waals surface area contributed by atoms with Gasteiger partial charge in [-0.1, -0.05) is 12.2 Å². The highest BCUT2D eigenvalue weighted by Gasteiger charge is 2.28. The number of amides is 1. The molecule has 0 aliphatic heterocycles. The second kappa shape index (κ2) is 4.80. The molecule has 3 nitrogen and oxygen atoms in total. The maximum Gasteiger partial charge on any atom is 0.259 e. The number of carbonyl (C=O) groups is 1. The van der Waals surface area contributed by atoms with E-state index in [0.717, 1.165) is 38.6 Å². The van der Waals surface area contributed by atoms with Crippen molar-refractivity contribution in [2.45, 2.75) is 17.1 Å². The molecule has 0 aromatic carbocycles. The summed E-state index contributed by atoms with van der Waals surface area (Å²) in [6, 6.07) is 0. The third kappa shape index (κ3) is 2.00. The van der Waals surface area contributed by atoms with Crippen LogP contribution in [0.4, 0.5) is 0 Å². The van der Waals surface area contributed by atoms with Gasteiger partial charge in [0.2, 0.25) is 0 Å². The lowest BCUT2D eigenvalue weighted by Crippen LogP contribution is -2.17. The highest BCUT2D eigenvalue weighted by Crippen LogP contribution is 2.40. The van der Waals surface area contributed by atoms with Gasteiger partial charge >= 0.3 is 0 Å². The van der Waals surface area contributed by atoms with Crippen molar-refractivity contribution in [3.63, 3.8) is 0 Å². The van der Waals surface area contributed by atoms with Gasteiger partial charge in [-0.25, -0.2) is 0 Å². The first-order chi connectivity index (χ1) is 8.10. The van der Waals surface area contributed by atoms with Crippen molar-refractivity contribution < 1.29 is 4.79 Å². The number of thioether (sulfide) groups is 1. The Morgan fingerprint density at radius 1 is 1.53 bits per heavy atom. The second-order valence-electron chi connectivity index (χ2n) is 3.66. The zero-order valence-electron chi connectivity index (χ0n) is 9.28. The Balaban J connectivity index is 2.64. The van der Waals surface area contributed by atoms with E-state index in [1.54, 1.807) is 18.0 Å². The Labute approximate surface area is 113 Å². The van der Waals surface area contributed by atoms with Crippen molar-refractivity contribution >= 4 is 46.1 Å². The normalized spacial score (nSPS) is 17.2. The van der Waals surface area contributed by atoms with Crippen LogP contribution < -0.4 is 11.5 Å². The number of hydrogen-bond acceptors (Lipinski definition) is 5. The number of fused-ring (bicyclic) bond motifs is 1. The monoisotopic (exact) mass is 284 g/mol. The van der Waals surface area contributed by atoms with Crippen LogP contribution in [0.2, 0.25) is 0 Å². The molecule has 0 bridgehead atoms. The summed E-state index contributed by atoms with van der Waals surface area (Å²) in [6.45, 7) is 0. The minimum atomic E-state index is -0.366. The van der Waals surface area contributed by atoms with E-state index in [-0.39, 0.29) is 5.91 Å². The van der Waals surface area contributed by atoms with Crippen LogP contribution in [0.5, 0.6) is 0 Å². The second-order valence-corrected chi connectivity index (χ2v) is 6.17. The maximum atomic E-state index is 11.4. The van der Waals surface area contributed by atoms with Gasteiger partial charge in [0.05, 0.1) is 14.0 Å². The van der Waals surface area contributed by atoms with Gasteiger partial charge in [0.1, 0.15) is 0 Å². The molecule has 1 amide bonds. The molecule has 1 aliphatic carbocycles. The van der Waals surface area contributed by atoms with Crippen molar-refractivity contribution in [3.8, 4) is 0 Å². The molecule has 1 aliphatic rings. The molecule has 0 radical (unpaired) electrons. The van der Waals surface area contributed by atoms with Gasteiger partial charge in [-0.3, -0.25) is 4.79 Å². The van der Waals surface area contributed by atoms with E-state index in [1.165, 1.54) is 11.3 Å². The number of nitrogens with two attached hydrogens (primary N) is 2. The van der Waals surface area contributed by atoms with Crippen LogP contribution in [0.1, 0.15) is 27.2 Å². The van der Waals surface area contributed by atoms with Gasteiger partial charge in [0, 0.05) is 5.56 Å². The van der Waals surface area contributed by atoms with Crippen LogP contribution in [-0.4, -0.2) is 17.0 Å². The molecule has 2 rings (SSSR count). The standard InChI is InChI=1S/C11H12N2OS3/c1-16-11-7-6(9(17-11)10(13)14)3-2-5(4-12)8(7)15/h4H,2-3,12H2,1H3,(H2,13,14). The maximum absolute atomic E-state index is 11.4. The third-order valence-corrected chi connectivity index (χ3v) is 5.58. The average Bonchev–Trinajstić information content (AvgIpc) is 2.69. The Morgan fingerprint density at radius 3 is 2.76 bits per heavy atom. The molecule has 4 N–H and O–H groups in total. The van der Waals surface area contributed by atoms with E-state index >= 15 is 0 Å². The van der Waals surface area contributed by atoms with Crippen LogP contribution in [0.25, 0.3) is 0 Å². The molecule has 17 heavy (non-hydrogen) atoms. The van der Waals surface area contributed by atoms with Crippen LogP contribution >= 0.6 is 35.3 Å². The van der Waals surface area contributed by atoms with Gasteiger partial charge in [-0.2, -0.15) is 0 Å². The first kappa shape index (κ1) is 12.6. The predicted molar refractivity (Wildman–Crippen MR) is 76.9 cm³/mol. The molecule has 90 valence electrons. The Morgan fingerprint density at radius 2 is 2.24 bits per heavy atom. The highest BCUT2D eigenvalue weighted by molar-refractivity contribution is 8.00. The topological polar surface area (TPSA) is 69.1 Å². The first-order valence-corrected chi connectivity index (χ1v) is 7.50. The Bertz CT molecular complexity index is 531. The zero-order chi connectivity index (χ0) is 12.6. The van der Waals surface area contributed by atoms with E-state index in [9.17, 15) is 4.79 Å². The summed E-state index contributed by atoms with van der Waals surface area (Å²) in [6.07, 6.45) is 5.11. The smallest absolute Gasteiger partial charge is 0.259 e. The third-order valence-electron chi connectivity index (χ3n) is 2.75. The first-order valence-electron chi connectivity index (χ1n) is 5.05. The molecule has 1 heterocycles. The molecule has 6 heteroatoms. The Hall–Kier alpha value is -0.850. The number of hydrogen-bond donors (Lipinski definition) is 2. The van der Waals surface area contributed by atoms with Gasteiger partial charge in [0.25, 0.3) is 5.91 Å². The van der Waals surface area contributed by atoms with Crippen molar-refractivity contribution in [2.75, 3.05) is 6.26 Å². The lowest BCUT2D eigenvalue weighted by Gasteiger charge is -2.17. The van der Waals surface area contributed by atoms with Crippen molar-refractivity contribution in [3.05, 3.63) is 27.8 Å². The van der Waals surface area contributed by atoms with Crippen LogP contribution in [-0.2, 0) is 6.42 Å². The SMILES string of the molecule is CSc1sc(C(N)=O)c2c1C(=S)C(=CN)CC2. The minimum absolute atomic E-state index is 0.366. The number of carbonyl (C=O) groups excluding carboxylic acids is 1. The number of rotatable bonds is 2. The summed E-state index contributed by atoms with van der Waals surface area (Å²) < 4.78 is 1.05. The summed E-state index contributed by atoms with van der Waals surface area (Å²) in [5, 5.41) is 0. The highest BCUT2D eigenvalue weighted by atomic mass is 32.2. The zero-order valence-corrected chi connectivity index (χ0v) is 11.7. The lowest BCUT2D eigenvalue weighted by molar-refractivity contribution is 0.100. The van der Waals surface area contributed by atoms with Gasteiger partial charge in [-0.05, 0) is 36.4 Å². The van der Waals surface area contributed by atoms with Crippen LogP contribution in [0, 0.1) is 0 Å². The van der Waals surface area contributed by atoms with Crippen LogP contribution in [0.3, 0.4) is 0 Å². The molecule has 0 spiro atoms. The summed E-state index contributed by atoms with van der Waals surface area (Å²) >= 11 is 8.45. The Kier molecular flexibility index (Phi) is 3.56. The molecule has 0 saturated carbocycles. The average molecular weight is 284 g/mol. The van der Waals surface area contributed by atoms with Crippen molar-refractivity contribution in [2.24, 2.45) is 11.5 Å². The lowest BCUT2D eigenvalue weighted by atomic mass is 9.90. The van der Waals surface area contributed by atoms with Crippen LogP contribution in [0.15, 0.2) is 16.0 Å². The molecule has 0 atom stereocenters. The largest absolute Gasteiger partial charge is 0.404 e. The molecule has 0 fully saturated rings. The summed E-state index contributed by atoms with van der Waals surface area (Å²) in [7, 11) is 0. The number of thiocarbonyl (C=S) groups is 1. The fourth-order valence-electron chi connectivity index (χ4n) is 1.95. The van der Waals surface area contributed by atoms with E-state index in [4.69, 9.17) is 23.7 Å². The van der Waals surface area contributed by atoms with Crippen molar-refractivity contribution in [1.82, 2.24) is 0 Å². The fourth-order valence-corrected chi connectivity index (χ4v) is 4.42. The number of allylic oxidation sites excluding steroid dienone is 1. The van der Waals surface area contributed by atoms with E-state index in [2.05, 4.69) is 0 Å². The van der Waals surface area contributed by atoms with E-state index < -0.39 is 0 Å². The van der Waals surface area contributed by atoms with Gasteiger partial charge in [0.15, 0.2) is 0 Å². The summed E-state index contributed by atoms with van der Waals surface area (Å²) in [5.74, 6) is -0.366. The molecule has 0 saturated heterocycles. The molecular weight excluding hydrogens is 272 g/mol. The fraction of sp³-hybridized carbons (Fsp3) is 0.273.